The van der Waals surface area contributed by atoms with Crippen LogP contribution in [-0.4, -0.2) is 7.11 Å². The number of halogens is 1. The molecule has 0 aliphatic carbocycles. The number of hydrogen-bond donors (Lipinski definition) is 1. The molecule has 1 aromatic heterocycles. The highest BCUT2D eigenvalue weighted by Gasteiger charge is 1.99. The zero-order chi connectivity index (χ0) is 11.4. The highest BCUT2D eigenvalue weighted by atomic mass is 35.5. The molecular formula is C12H12ClNOS. The molecule has 2 aromatic rings. The van der Waals surface area contributed by atoms with Gasteiger partial charge in [-0.25, -0.2) is 0 Å². The monoisotopic (exact) mass is 253 g/mol. The molecule has 0 unspecified atom stereocenters. The maximum atomic E-state index is 5.86. The summed E-state index contributed by atoms with van der Waals surface area (Å²) in [5, 5.41) is 3.32. The summed E-state index contributed by atoms with van der Waals surface area (Å²) in [6.45, 7) is 0.782. The number of methoxy groups -OCH3 is 1. The third kappa shape index (κ3) is 2.90. The Morgan fingerprint density at radius 1 is 1.31 bits per heavy atom. The van der Waals surface area contributed by atoms with Crippen molar-refractivity contribution in [2.45, 2.75) is 6.54 Å². The smallest absolute Gasteiger partial charge is 0.120 e. The molecule has 0 aliphatic heterocycles. The van der Waals surface area contributed by atoms with Gasteiger partial charge in [-0.3, -0.25) is 0 Å². The van der Waals surface area contributed by atoms with E-state index >= 15 is 0 Å². The topological polar surface area (TPSA) is 21.3 Å². The van der Waals surface area contributed by atoms with E-state index < -0.39 is 0 Å². The van der Waals surface area contributed by atoms with Crippen molar-refractivity contribution in [1.29, 1.82) is 0 Å². The Balaban J connectivity index is 1.99. The van der Waals surface area contributed by atoms with Crippen molar-refractivity contribution in [2.24, 2.45) is 0 Å². The van der Waals surface area contributed by atoms with Crippen LogP contribution in [0.3, 0.4) is 0 Å². The van der Waals surface area contributed by atoms with Gasteiger partial charge in [0.05, 0.1) is 11.4 Å². The summed E-state index contributed by atoms with van der Waals surface area (Å²) in [7, 11) is 1.66. The van der Waals surface area contributed by atoms with E-state index in [0.717, 1.165) is 22.3 Å². The van der Waals surface area contributed by atoms with Crippen LogP contribution in [-0.2, 0) is 6.54 Å². The van der Waals surface area contributed by atoms with E-state index in [4.69, 9.17) is 16.3 Å². The van der Waals surface area contributed by atoms with Crippen molar-refractivity contribution in [3.63, 3.8) is 0 Å². The number of rotatable bonds is 4. The van der Waals surface area contributed by atoms with E-state index in [0.29, 0.717) is 0 Å². The largest absolute Gasteiger partial charge is 0.497 e. The molecule has 0 atom stereocenters. The van der Waals surface area contributed by atoms with Crippen LogP contribution in [0.1, 0.15) is 4.88 Å². The first kappa shape index (κ1) is 11.3. The van der Waals surface area contributed by atoms with Crippen LogP contribution in [0.15, 0.2) is 36.4 Å². The van der Waals surface area contributed by atoms with Crippen LogP contribution in [0.4, 0.5) is 5.69 Å². The lowest BCUT2D eigenvalue weighted by Crippen LogP contribution is -1.97. The van der Waals surface area contributed by atoms with Gasteiger partial charge in [0.2, 0.25) is 0 Å². The Morgan fingerprint density at radius 3 is 2.88 bits per heavy atom. The fourth-order valence-corrected chi connectivity index (χ4v) is 2.40. The van der Waals surface area contributed by atoms with Gasteiger partial charge in [-0.05, 0) is 24.3 Å². The predicted molar refractivity (Wildman–Crippen MR) is 69.6 cm³/mol. The summed E-state index contributed by atoms with van der Waals surface area (Å²) in [4.78, 5) is 1.22. The maximum Gasteiger partial charge on any atom is 0.120 e. The molecule has 0 aliphatic rings. The van der Waals surface area contributed by atoms with Gasteiger partial charge in [-0.15, -0.1) is 11.3 Å². The molecule has 2 nitrogen and oxygen atoms in total. The standard InChI is InChI=1S/C12H12ClNOS/c1-15-10-4-2-3-9(7-10)14-8-11-5-6-12(13)16-11/h2-7,14H,8H2,1H3. The Hall–Kier alpha value is -1.19. The van der Waals surface area contributed by atoms with Crippen molar-refractivity contribution >= 4 is 28.6 Å². The third-order valence-electron chi connectivity index (χ3n) is 2.17. The number of nitrogens with one attached hydrogen (secondary N) is 1. The average Bonchev–Trinajstić information content (AvgIpc) is 2.73. The van der Waals surface area contributed by atoms with Crippen LogP contribution in [0.5, 0.6) is 5.75 Å². The molecule has 1 N–H and O–H groups in total. The molecule has 0 bridgehead atoms. The highest BCUT2D eigenvalue weighted by molar-refractivity contribution is 7.16. The first-order valence-electron chi connectivity index (χ1n) is 4.90. The molecule has 84 valence electrons. The Labute approximate surface area is 104 Å². The minimum Gasteiger partial charge on any atom is -0.497 e. The second kappa shape index (κ2) is 5.23. The van der Waals surface area contributed by atoms with E-state index in [1.807, 2.05) is 36.4 Å². The van der Waals surface area contributed by atoms with Gasteiger partial charge < -0.3 is 10.1 Å². The molecule has 0 radical (unpaired) electrons. The zero-order valence-corrected chi connectivity index (χ0v) is 10.4. The molecule has 0 amide bonds. The number of hydrogen-bond acceptors (Lipinski definition) is 3. The minimum atomic E-state index is 0.782. The van der Waals surface area contributed by atoms with Crippen molar-refractivity contribution in [3.8, 4) is 5.75 Å². The molecule has 0 fully saturated rings. The minimum absolute atomic E-state index is 0.782. The summed E-state index contributed by atoms with van der Waals surface area (Å²) in [5.41, 5.74) is 1.05. The van der Waals surface area contributed by atoms with E-state index in [2.05, 4.69) is 5.32 Å². The Morgan fingerprint density at radius 2 is 2.19 bits per heavy atom. The first-order chi connectivity index (χ1) is 7.78. The van der Waals surface area contributed by atoms with E-state index in [1.165, 1.54) is 4.88 Å². The lowest BCUT2D eigenvalue weighted by Gasteiger charge is -2.06. The second-order valence-electron chi connectivity index (χ2n) is 3.29. The molecule has 0 saturated carbocycles. The van der Waals surface area contributed by atoms with E-state index in [1.54, 1.807) is 18.4 Å². The summed E-state index contributed by atoms with van der Waals surface area (Å²) in [5.74, 6) is 0.856. The molecule has 1 aromatic carbocycles. The average molecular weight is 254 g/mol. The number of benzene rings is 1. The Bertz CT molecular complexity index is 470. The van der Waals surface area contributed by atoms with Crippen LogP contribution >= 0.6 is 22.9 Å². The van der Waals surface area contributed by atoms with Gasteiger partial charge in [0, 0.05) is 23.2 Å². The maximum absolute atomic E-state index is 5.86. The molecule has 4 heteroatoms. The Kier molecular flexibility index (Phi) is 3.70. The predicted octanol–water partition coefficient (Wildman–Crippen LogP) is 4.02. The molecular weight excluding hydrogens is 242 g/mol. The van der Waals surface area contributed by atoms with Gasteiger partial charge in [0.25, 0.3) is 0 Å². The second-order valence-corrected chi connectivity index (χ2v) is 5.09. The van der Waals surface area contributed by atoms with Crippen LogP contribution < -0.4 is 10.1 Å². The number of ether oxygens (including phenoxy) is 1. The number of anilines is 1. The van der Waals surface area contributed by atoms with E-state index in [-0.39, 0.29) is 0 Å². The third-order valence-corrected chi connectivity index (χ3v) is 3.40. The zero-order valence-electron chi connectivity index (χ0n) is 8.87. The van der Waals surface area contributed by atoms with E-state index in [9.17, 15) is 0 Å². The summed E-state index contributed by atoms with van der Waals surface area (Å²) in [6, 6.07) is 11.8. The first-order valence-corrected chi connectivity index (χ1v) is 6.09. The summed E-state index contributed by atoms with van der Waals surface area (Å²) >= 11 is 7.45. The SMILES string of the molecule is COc1cccc(NCc2ccc(Cl)s2)c1. The van der Waals surface area contributed by atoms with Gasteiger partial charge >= 0.3 is 0 Å². The van der Waals surface area contributed by atoms with Crippen LogP contribution in [0.25, 0.3) is 0 Å². The lowest BCUT2D eigenvalue weighted by molar-refractivity contribution is 0.415. The van der Waals surface area contributed by atoms with Gasteiger partial charge in [0.15, 0.2) is 0 Å². The summed E-state index contributed by atoms with van der Waals surface area (Å²) in [6.07, 6.45) is 0. The van der Waals surface area contributed by atoms with Crippen molar-refractivity contribution < 1.29 is 4.74 Å². The van der Waals surface area contributed by atoms with Crippen molar-refractivity contribution in [1.82, 2.24) is 0 Å². The lowest BCUT2D eigenvalue weighted by atomic mass is 10.3. The highest BCUT2D eigenvalue weighted by Crippen LogP contribution is 2.23. The van der Waals surface area contributed by atoms with Gasteiger partial charge in [-0.2, -0.15) is 0 Å². The molecule has 0 spiro atoms. The molecule has 1 heterocycles. The summed E-state index contributed by atoms with van der Waals surface area (Å²) < 4.78 is 5.97. The fraction of sp³-hybridized carbons (Fsp3) is 0.167. The quantitative estimate of drug-likeness (QED) is 0.889. The normalized spacial score (nSPS) is 10.1. The molecule has 0 saturated heterocycles. The van der Waals surface area contributed by atoms with Crippen LogP contribution in [0.2, 0.25) is 4.34 Å². The molecule has 16 heavy (non-hydrogen) atoms. The van der Waals surface area contributed by atoms with Gasteiger partial charge in [-0.1, -0.05) is 17.7 Å². The number of thiophene rings is 1. The van der Waals surface area contributed by atoms with Crippen molar-refractivity contribution in [2.75, 3.05) is 12.4 Å². The van der Waals surface area contributed by atoms with Crippen LogP contribution in [0, 0.1) is 0 Å². The van der Waals surface area contributed by atoms with Gasteiger partial charge in [0.1, 0.15) is 5.75 Å². The van der Waals surface area contributed by atoms with Crippen molar-refractivity contribution in [3.05, 3.63) is 45.6 Å². The fourth-order valence-electron chi connectivity index (χ4n) is 1.37. The molecule has 2 rings (SSSR count).